The van der Waals surface area contributed by atoms with Crippen LogP contribution in [-0.4, -0.2) is 0 Å². The van der Waals surface area contributed by atoms with Crippen molar-refractivity contribution in [3.8, 4) is 44.5 Å². The minimum atomic E-state index is 1.22. The molecule has 0 N–H and O–H groups in total. The summed E-state index contributed by atoms with van der Waals surface area (Å²) in [6.07, 6.45) is 0. The van der Waals surface area contributed by atoms with E-state index in [0.717, 1.165) is 0 Å². The molecular weight excluding hydrogens is 649 g/mol. The topological polar surface area (TPSA) is 0 Å². The summed E-state index contributed by atoms with van der Waals surface area (Å²) in [5.41, 5.74) is 9.95. The minimum absolute atomic E-state index is 1.22. The van der Waals surface area contributed by atoms with Gasteiger partial charge in [-0.15, -0.1) is 0 Å². The zero-order valence-corrected chi connectivity index (χ0v) is 29.6. The molecule has 0 aliphatic carbocycles. The van der Waals surface area contributed by atoms with Crippen molar-refractivity contribution in [3.63, 3.8) is 0 Å². The molecule has 0 aliphatic heterocycles. The van der Waals surface area contributed by atoms with Gasteiger partial charge < -0.3 is 0 Å². The molecule has 0 amide bonds. The summed E-state index contributed by atoms with van der Waals surface area (Å²) in [6, 6.07) is 76.2. The molecule has 11 aromatic rings. The largest absolute Gasteiger partial charge is 0.0616 e. The Balaban J connectivity index is 1.17. The Labute approximate surface area is 314 Å². The summed E-state index contributed by atoms with van der Waals surface area (Å²) < 4.78 is 0. The van der Waals surface area contributed by atoms with Gasteiger partial charge in [0.1, 0.15) is 0 Å². The van der Waals surface area contributed by atoms with Crippen molar-refractivity contribution in [2.75, 3.05) is 0 Å². The highest BCUT2D eigenvalue weighted by Gasteiger charge is 2.19. The molecule has 0 atom stereocenters. The Bertz CT molecular complexity index is 3250. The fraction of sp³-hybridized carbons (Fsp3) is 0. The van der Waals surface area contributed by atoms with Gasteiger partial charge in [-0.2, -0.15) is 0 Å². The summed E-state index contributed by atoms with van der Waals surface area (Å²) in [5.74, 6) is 0. The normalized spacial score (nSPS) is 11.7. The predicted octanol–water partition coefficient (Wildman–Crippen LogP) is 15.3. The summed E-state index contributed by atoms with van der Waals surface area (Å²) in [5, 5.41) is 15.2. The van der Waals surface area contributed by atoms with Crippen LogP contribution in [0, 0.1) is 0 Å². The maximum absolute atomic E-state index is 2.43. The number of hydrogen-bond donors (Lipinski definition) is 0. The lowest BCUT2D eigenvalue weighted by atomic mass is 9.83. The van der Waals surface area contributed by atoms with Crippen LogP contribution in [0.2, 0.25) is 0 Å². The number of hydrogen-bond acceptors (Lipinski definition) is 0. The first-order valence-electron chi connectivity index (χ1n) is 18.8. The van der Waals surface area contributed by atoms with Crippen molar-refractivity contribution < 1.29 is 0 Å². The van der Waals surface area contributed by atoms with Crippen molar-refractivity contribution in [1.29, 1.82) is 0 Å². The summed E-state index contributed by atoms with van der Waals surface area (Å²) >= 11 is 0. The average Bonchev–Trinajstić information content (AvgIpc) is 3.25. The van der Waals surface area contributed by atoms with E-state index in [1.807, 2.05) is 0 Å². The summed E-state index contributed by atoms with van der Waals surface area (Å²) in [6.45, 7) is 0. The Hall–Kier alpha value is -7.02. The monoisotopic (exact) mass is 682 g/mol. The fourth-order valence-electron chi connectivity index (χ4n) is 8.88. The zero-order chi connectivity index (χ0) is 35.6. The van der Waals surface area contributed by atoms with E-state index in [1.54, 1.807) is 0 Å². The van der Waals surface area contributed by atoms with Crippen molar-refractivity contribution in [2.24, 2.45) is 0 Å². The van der Waals surface area contributed by atoms with E-state index < -0.39 is 0 Å². The highest BCUT2D eigenvalue weighted by atomic mass is 14.2. The highest BCUT2D eigenvalue weighted by molar-refractivity contribution is 6.24. The van der Waals surface area contributed by atoms with Crippen LogP contribution >= 0.6 is 0 Å². The van der Waals surface area contributed by atoms with Crippen LogP contribution in [0.5, 0.6) is 0 Å². The van der Waals surface area contributed by atoms with E-state index in [9.17, 15) is 0 Å². The van der Waals surface area contributed by atoms with Gasteiger partial charge in [-0.1, -0.05) is 188 Å². The molecule has 0 heterocycles. The molecule has 250 valence electrons. The second-order valence-corrected chi connectivity index (χ2v) is 14.4. The van der Waals surface area contributed by atoms with Crippen molar-refractivity contribution in [3.05, 3.63) is 206 Å². The second-order valence-electron chi connectivity index (χ2n) is 14.4. The lowest BCUT2D eigenvalue weighted by Crippen LogP contribution is -1.93. The van der Waals surface area contributed by atoms with Gasteiger partial charge in [-0.05, 0) is 127 Å². The lowest BCUT2D eigenvalue weighted by Gasteiger charge is -2.20. The smallest absolute Gasteiger partial charge is 0.00199 e. The Kier molecular flexibility index (Phi) is 6.97. The first-order valence-corrected chi connectivity index (χ1v) is 18.8. The third-order valence-electron chi connectivity index (χ3n) is 11.4. The molecule has 0 aliphatic rings. The molecular formula is C54H34. The SMILES string of the molecule is c1ccc2cc(-c3ccc4c(-c5ccc(-c6cc7ccccc7c7ccccc67)cc5)c5ccccc5c(-c5cccc6ccccc56)c4c3)ccc2c1. The van der Waals surface area contributed by atoms with Gasteiger partial charge in [-0.3, -0.25) is 0 Å². The molecule has 0 radical (unpaired) electrons. The molecule has 54 heavy (non-hydrogen) atoms. The van der Waals surface area contributed by atoms with E-state index in [-0.39, 0.29) is 0 Å². The fourth-order valence-corrected chi connectivity index (χ4v) is 8.88. The predicted molar refractivity (Wildman–Crippen MR) is 233 cm³/mol. The number of benzene rings is 11. The van der Waals surface area contributed by atoms with Crippen LogP contribution in [0.4, 0.5) is 0 Å². The quantitative estimate of drug-likeness (QED) is 0.128. The van der Waals surface area contributed by atoms with Crippen molar-refractivity contribution >= 4 is 64.6 Å². The molecule has 0 nitrogen and oxygen atoms in total. The standard InChI is InChI=1S/C54H34/c1-2-14-39-32-40(29-24-35(39)12-1)41-30-31-50-52(33-41)54(47-23-11-16-36-13-3-5-17-43(36)47)49-22-10-9-21-48(49)53(50)38-27-25-37(26-28-38)51-34-42-15-4-6-18-44(42)45-19-7-8-20-46(45)51/h1-34H. The average molecular weight is 683 g/mol. The van der Waals surface area contributed by atoms with Crippen LogP contribution < -0.4 is 0 Å². The first-order chi connectivity index (χ1) is 26.8. The first kappa shape index (κ1) is 30.6. The van der Waals surface area contributed by atoms with Crippen LogP contribution in [0.3, 0.4) is 0 Å². The van der Waals surface area contributed by atoms with E-state index >= 15 is 0 Å². The zero-order valence-electron chi connectivity index (χ0n) is 29.6. The maximum Gasteiger partial charge on any atom is -0.00199 e. The molecule has 0 saturated heterocycles. The molecule has 0 unspecified atom stereocenters. The molecule has 0 bridgehead atoms. The van der Waals surface area contributed by atoms with Crippen LogP contribution in [0.1, 0.15) is 0 Å². The number of rotatable bonds is 4. The Morgan fingerprint density at radius 1 is 0.185 bits per heavy atom. The molecule has 0 fully saturated rings. The van der Waals surface area contributed by atoms with Gasteiger partial charge in [-0.25, -0.2) is 0 Å². The third-order valence-corrected chi connectivity index (χ3v) is 11.4. The molecule has 11 rings (SSSR count). The molecule has 0 heteroatoms. The van der Waals surface area contributed by atoms with E-state index in [2.05, 4.69) is 206 Å². The minimum Gasteiger partial charge on any atom is -0.0616 e. The lowest BCUT2D eigenvalue weighted by molar-refractivity contribution is 1.64. The van der Waals surface area contributed by atoms with E-state index in [1.165, 1.54) is 109 Å². The van der Waals surface area contributed by atoms with Gasteiger partial charge in [0.25, 0.3) is 0 Å². The van der Waals surface area contributed by atoms with Crippen LogP contribution in [0.25, 0.3) is 109 Å². The van der Waals surface area contributed by atoms with Gasteiger partial charge in [0.05, 0.1) is 0 Å². The van der Waals surface area contributed by atoms with Gasteiger partial charge in [0.15, 0.2) is 0 Å². The highest BCUT2D eigenvalue weighted by Crippen LogP contribution is 2.47. The second kappa shape index (κ2) is 12.3. The Morgan fingerprint density at radius 2 is 0.704 bits per heavy atom. The molecule has 0 aromatic heterocycles. The van der Waals surface area contributed by atoms with E-state index in [4.69, 9.17) is 0 Å². The number of fused-ring (bicyclic) bond motifs is 7. The molecule has 11 aromatic carbocycles. The van der Waals surface area contributed by atoms with Gasteiger partial charge >= 0.3 is 0 Å². The van der Waals surface area contributed by atoms with E-state index in [0.29, 0.717) is 0 Å². The Morgan fingerprint density at radius 3 is 1.50 bits per heavy atom. The third kappa shape index (κ3) is 4.85. The molecule has 0 saturated carbocycles. The maximum atomic E-state index is 2.43. The summed E-state index contributed by atoms with van der Waals surface area (Å²) in [7, 11) is 0. The van der Waals surface area contributed by atoms with Crippen LogP contribution in [-0.2, 0) is 0 Å². The van der Waals surface area contributed by atoms with Gasteiger partial charge in [0, 0.05) is 0 Å². The van der Waals surface area contributed by atoms with Crippen molar-refractivity contribution in [1.82, 2.24) is 0 Å². The molecule has 0 spiro atoms. The van der Waals surface area contributed by atoms with Crippen LogP contribution in [0.15, 0.2) is 206 Å². The summed E-state index contributed by atoms with van der Waals surface area (Å²) in [4.78, 5) is 0. The van der Waals surface area contributed by atoms with Crippen molar-refractivity contribution in [2.45, 2.75) is 0 Å². The van der Waals surface area contributed by atoms with Gasteiger partial charge in [0.2, 0.25) is 0 Å².